The highest BCUT2D eigenvalue weighted by Gasteiger charge is 2.35. The van der Waals surface area contributed by atoms with Crippen LogP contribution in [0.25, 0.3) is 0 Å². The molecule has 54 heavy (non-hydrogen) atoms. The number of imidazole rings is 1. The third kappa shape index (κ3) is 16.3. The number of hydrogen-bond donors (Lipinski definition) is 14. The highest BCUT2D eigenvalue weighted by atomic mass is 16.4. The van der Waals surface area contributed by atoms with Crippen LogP contribution in [0.5, 0.6) is 0 Å². The van der Waals surface area contributed by atoms with Crippen LogP contribution in [0.2, 0.25) is 0 Å². The number of carbonyl (C=O) groups excluding carboxylic acids is 6. The summed E-state index contributed by atoms with van der Waals surface area (Å²) in [6.07, 6.45) is -0.719. The Morgan fingerprint density at radius 3 is 1.70 bits per heavy atom. The van der Waals surface area contributed by atoms with Crippen LogP contribution in [0.4, 0.5) is 0 Å². The third-order valence-electron chi connectivity index (χ3n) is 7.49. The van der Waals surface area contributed by atoms with E-state index in [2.05, 4.69) is 36.6 Å². The van der Waals surface area contributed by atoms with E-state index in [1.165, 1.54) is 19.4 Å². The molecule has 302 valence electrons. The Labute approximate surface area is 307 Å². The molecule has 0 fully saturated rings. The largest absolute Gasteiger partial charge is 0.481 e. The molecule has 0 aliphatic carbocycles. The molecule has 24 heteroatoms. The molecule has 8 atom stereocenters. The molecule has 1 aromatic rings. The van der Waals surface area contributed by atoms with Gasteiger partial charge < -0.3 is 73.9 Å². The fraction of sp³-hybridized carbons (Fsp3) is 0.600. The van der Waals surface area contributed by atoms with Gasteiger partial charge in [0, 0.05) is 18.3 Å². The number of aromatic nitrogens is 2. The molecule has 0 aromatic carbocycles. The molecule has 0 spiro atoms. The maximum Gasteiger partial charge on any atom is 0.326 e. The van der Waals surface area contributed by atoms with Gasteiger partial charge in [0.1, 0.15) is 36.3 Å². The summed E-state index contributed by atoms with van der Waals surface area (Å²) in [6.45, 7) is 1.72. The number of carboxylic acids is 3. The Balaban J connectivity index is 3.24. The molecule has 1 aromatic heterocycles. The lowest BCUT2D eigenvalue weighted by molar-refractivity contribution is -0.148. The van der Waals surface area contributed by atoms with Crippen LogP contribution in [0.3, 0.4) is 0 Å². The molecule has 16 N–H and O–H groups in total. The molecule has 1 heterocycles. The maximum absolute atomic E-state index is 13.4. The summed E-state index contributed by atoms with van der Waals surface area (Å²) in [5.74, 6) is -11.5. The average molecular weight is 773 g/mol. The molecule has 0 aliphatic rings. The number of aliphatic hydroxyl groups is 2. The zero-order valence-corrected chi connectivity index (χ0v) is 29.4. The van der Waals surface area contributed by atoms with Crippen molar-refractivity contribution in [2.75, 3.05) is 13.2 Å². The Morgan fingerprint density at radius 2 is 1.20 bits per heavy atom. The molecular weight excluding hydrogens is 724 g/mol. The van der Waals surface area contributed by atoms with Crippen molar-refractivity contribution in [2.45, 2.75) is 101 Å². The smallest absolute Gasteiger partial charge is 0.326 e. The minimum Gasteiger partial charge on any atom is -0.481 e. The number of amides is 6. The minimum atomic E-state index is -2.00. The second-order valence-corrected chi connectivity index (χ2v) is 12.1. The van der Waals surface area contributed by atoms with Crippen molar-refractivity contribution in [1.29, 1.82) is 0 Å². The number of H-pyrrole nitrogens is 1. The zero-order chi connectivity index (χ0) is 41.1. The predicted molar refractivity (Wildman–Crippen MR) is 181 cm³/mol. The van der Waals surface area contributed by atoms with Gasteiger partial charge in [-0.15, -0.1) is 0 Å². The number of rotatable bonds is 25. The van der Waals surface area contributed by atoms with E-state index in [0.717, 1.165) is 6.92 Å². The third-order valence-corrected chi connectivity index (χ3v) is 7.49. The highest BCUT2D eigenvalue weighted by Crippen LogP contribution is 2.06. The lowest BCUT2D eigenvalue weighted by atomic mass is 10.1. The summed E-state index contributed by atoms with van der Waals surface area (Å²) in [7, 11) is 0. The van der Waals surface area contributed by atoms with Crippen LogP contribution < -0.4 is 43.4 Å². The van der Waals surface area contributed by atoms with Gasteiger partial charge in [-0.05, 0) is 39.7 Å². The number of hydrogen-bond acceptors (Lipinski definition) is 14. The van der Waals surface area contributed by atoms with Gasteiger partial charge in [0.15, 0.2) is 0 Å². The summed E-state index contributed by atoms with van der Waals surface area (Å²) >= 11 is 0. The van der Waals surface area contributed by atoms with E-state index in [1.807, 2.05) is 5.32 Å². The number of nitrogens with zero attached hydrogens (tertiary/aromatic N) is 1. The van der Waals surface area contributed by atoms with Gasteiger partial charge >= 0.3 is 17.9 Å². The number of nitrogens with two attached hydrogens (primary N) is 2. The zero-order valence-electron chi connectivity index (χ0n) is 29.4. The van der Waals surface area contributed by atoms with Gasteiger partial charge in [-0.25, -0.2) is 9.78 Å². The minimum absolute atomic E-state index is 0.0918. The lowest BCUT2D eigenvalue weighted by Crippen LogP contribution is -2.62. The average Bonchev–Trinajstić information content (AvgIpc) is 3.60. The summed E-state index contributed by atoms with van der Waals surface area (Å²) in [5.41, 5.74) is 11.3. The summed E-state index contributed by atoms with van der Waals surface area (Å²) in [5, 5.41) is 60.9. The van der Waals surface area contributed by atoms with E-state index in [0.29, 0.717) is 19.4 Å². The van der Waals surface area contributed by atoms with Crippen molar-refractivity contribution >= 4 is 53.4 Å². The number of nitrogens with one attached hydrogen (secondary N) is 7. The molecule has 0 saturated heterocycles. The molecule has 0 radical (unpaired) electrons. The highest BCUT2D eigenvalue weighted by molar-refractivity contribution is 5.98. The van der Waals surface area contributed by atoms with E-state index >= 15 is 0 Å². The van der Waals surface area contributed by atoms with E-state index in [9.17, 15) is 63.6 Å². The van der Waals surface area contributed by atoms with Crippen molar-refractivity contribution in [3.8, 4) is 0 Å². The lowest BCUT2D eigenvalue weighted by Gasteiger charge is -2.27. The summed E-state index contributed by atoms with van der Waals surface area (Å²) in [6, 6.07) is -11.4. The summed E-state index contributed by atoms with van der Waals surface area (Å²) in [4.78, 5) is 119. The molecule has 0 bridgehead atoms. The Bertz CT molecular complexity index is 1470. The fourth-order valence-corrected chi connectivity index (χ4v) is 4.58. The van der Waals surface area contributed by atoms with E-state index < -0.39 is 128 Å². The van der Waals surface area contributed by atoms with Gasteiger partial charge in [-0.3, -0.25) is 38.4 Å². The van der Waals surface area contributed by atoms with Gasteiger partial charge in [0.25, 0.3) is 0 Å². The van der Waals surface area contributed by atoms with Crippen LogP contribution in [0.15, 0.2) is 12.5 Å². The van der Waals surface area contributed by atoms with Gasteiger partial charge in [-0.1, -0.05) is 0 Å². The van der Waals surface area contributed by atoms with Crippen molar-refractivity contribution in [1.82, 2.24) is 41.9 Å². The molecule has 1 rings (SSSR count). The molecule has 6 amide bonds. The number of aromatic amines is 1. The molecule has 0 saturated carbocycles. The molecule has 0 unspecified atom stereocenters. The molecule has 0 aliphatic heterocycles. The SMILES string of the molecule is C[C@H](N)C(=O)N[C@@H](CCCCN)C(=O)N[C@H](C(=O)N[C@@H](CO)C(=O)N[C@@H](Cc1cnc[nH]1)C(=O)N[C@@H](CC(=O)O)C(=O)N[C@@H](CC(=O)O)C(=O)O)[C@@H](C)O. The van der Waals surface area contributed by atoms with Gasteiger partial charge in [0.2, 0.25) is 35.4 Å². The Morgan fingerprint density at radius 1 is 0.704 bits per heavy atom. The van der Waals surface area contributed by atoms with Crippen LogP contribution in [-0.4, -0.2) is 150 Å². The van der Waals surface area contributed by atoms with Crippen molar-refractivity contribution in [3.63, 3.8) is 0 Å². The second kappa shape index (κ2) is 23.1. The maximum atomic E-state index is 13.4. The first kappa shape index (κ1) is 46.3. The van der Waals surface area contributed by atoms with Crippen molar-refractivity contribution in [2.24, 2.45) is 11.5 Å². The predicted octanol–water partition coefficient (Wildman–Crippen LogP) is -6.26. The number of carboxylic acid groups (broad SMARTS) is 3. The number of unbranched alkanes of at least 4 members (excludes halogenated alkanes) is 1. The number of aliphatic hydroxyl groups excluding tert-OH is 2. The standard InChI is InChI=1S/C30H48N10O14/c1-13(32)24(47)35-16(5-3-4-6-31)25(48)40-23(14(2)42)29(52)39-20(11-41)28(51)36-17(7-15-10-33-12-34-15)26(49)37-18(8-21(43)44)27(50)38-19(30(53)54)9-22(45)46/h10,12-14,16-20,23,41-42H,3-9,11,31-32H2,1-2H3,(H,33,34)(H,35,47)(H,36,51)(H,37,49)(H,38,50)(H,39,52)(H,40,48)(H,43,44)(H,45,46)(H,53,54)/t13-,14+,16-,17-,18-,19-,20-,23-/m0/s1. The first-order valence-electron chi connectivity index (χ1n) is 16.5. The topological polar surface area (TPSA) is 408 Å². The monoisotopic (exact) mass is 772 g/mol. The van der Waals surface area contributed by atoms with Crippen molar-refractivity contribution in [3.05, 3.63) is 18.2 Å². The second-order valence-electron chi connectivity index (χ2n) is 12.1. The van der Waals surface area contributed by atoms with Crippen LogP contribution in [-0.2, 0) is 49.6 Å². The molecular formula is C30H48N10O14. The van der Waals surface area contributed by atoms with E-state index in [4.69, 9.17) is 16.6 Å². The number of carbonyl (C=O) groups is 9. The van der Waals surface area contributed by atoms with Gasteiger partial charge in [-0.2, -0.15) is 0 Å². The van der Waals surface area contributed by atoms with E-state index in [-0.39, 0.29) is 12.1 Å². The van der Waals surface area contributed by atoms with Crippen LogP contribution >= 0.6 is 0 Å². The van der Waals surface area contributed by atoms with Crippen molar-refractivity contribution < 1.29 is 68.7 Å². The number of aliphatic carboxylic acids is 3. The molecule has 24 nitrogen and oxygen atoms in total. The van der Waals surface area contributed by atoms with Crippen LogP contribution in [0.1, 0.15) is 51.6 Å². The van der Waals surface area contributed by atoms with Gasteiger partial charge in [0.05, 0.1) is 37.9 Å². The first-order chi connectivity index (χ1) is 25.3. The normalized spacial score (nSPS) is 15.4. The Kier molecular flexibility index (Phi) is 19.8. The van der Waals surface area contributed by atoms with Crippen LogP contribution in [0, 0.1) is 0 Å². The fourth-order valence-electron chi connectivity index (χ4n) is 4.58. The van der Waals surface area contributed by atoms with E-state index in [1.54, 1.807) is 0 Å². The summed E-state index contributed by atoms with van der Waals surface area (Å²) < 4.78 is 0. The first-order valence-corrected chi connectivity index (χ1v) is 16.5. The Hall–Kier alpha value is -5.72. The quantitative estimate of drug-likeness (QED) is 0.0411.